The second-order valence-electron chi connectivity index (χ2n) is 6.15. The van der Waals surface area contributed by atoms with Crippen LogP contribution in [0.2, 0.25) is 0 Å². The SMILES string of the molecule is COc1cnc(OC2CCN(Cc3ccccc3C(F)(F)F)CC2)nc1. The number of hydrogen-bond donors (Lipinski definition) is 0. The number of aromatic nitrogens is 2. The summed E-state index contributed by atoms with van der Waals surface area (Å²) in [5.41, 5.74) is -0.261. The van der Waals surface area contributed by atoms with Crippen molar-refractivity contribution in [3.05, 3.63) is 47.8 Å². The molecule has 8 heteroatoms. The van der Waals surface area contributed by atoms with Crippen molar-refractivity contribution in [2.75, 3.05) is 20.2 Å². The predicted molar refractivity (Wildman–Crippen MR) is 89.0 cm³/mol. The number of piperidine rings is 1. The van der Waals surface area contributed by atoms with E-state index in [1.807, 2.05) is 4.90 Å². The van der Waals surface area contributed by atoms with E-state index in [0.717, 1.165) is 6.07 Å². The molecule has 140 valence electrons. The van der Waals surface area contributed by atoms with E-state index in [1.54, 1.807) is 6.07 Å². The van der Waals surface area contributed by atoms with E-state index in [1.165, 1.54) is 31.6 Å². The summed E-state index contributed by atoms with van der Waals surface area (Å²) in [6.45, 7) is 1.60. The summed E-state index contributed by atoms with van der Waals surface area (Å²) < 4.78 is 50.0. The highest BCUT2D eigenvalue weighted by molar-refractivity contribution is 5.29. The van der Waals surface area contributed by atoms with Gasteiger partial charge in [0.15, 0.2) is 5.75 Å². The Bertz CT molecular complexity index is 714. The summed E-state index contributed by atoms with van der Waals surface area (Å²) in [7, 11) is 1.53. The number of benzene rings is 1. The Morgan fingerprint density at radius 2 is 1.77 bits per heavy atom. The van der Waals surface area contributed by atoms with Crippen LogP contribution in [-0.2, 0) is 12.7 Å². The molecule has 0 N–H and O–H groups in total. The molecule has 0 aliphatic carbocycles. The van der Waals surface area contributed by atoms with Crippen molar-refractivity contribution in [2.45, 2.75) is 31.7 Å². The average Bonchev–Trinajstić information content (AvgIpc) is 2.63. The van der Waals surface area contributed by atoms with Crippen LogP contribution in [-0.4, -0.2) is 41.2 Å². The molecule has 0 radical (unpaired) electrons. The first kappa shape index (κ1) is 18.4. The van der Waals surface area contributed by atoms with Crippen molar-refractivity contribution in [2.24, 2.45) is 0 Å². The lowest BCUT2D eigenvalue weighted by molar-refractivity contribution is -0.138. The van der Waals surface area contributed by atoms with Crippen molar-refractivity contribution < 1.29 is 22.6 Å². The lowest BCUT2D eigenvalue weighted by Gasteiger charge is -2.32. The molecule has 26 heavy (non-hydrogen) atoms. The number of ether oxygens (including phenoxy) is 2. The van der Waals surface area contributed by atoms with Crippen LogP contribution in [0, 0.1) is 0 Å². The van der Waals surface area contributed by atoms with Gasteiger partial charge in [0, 0.05) is 19.6 Å². The minimum Gasteiger partial charge on any atom is -0.494 e. The van der Waals surface area contributed by atoms with Crippen LogP contribution < -0.4 is 9.47 Å². The largest absolute Gasteiger partial charge is 0.494 e. The quantitative estimate of drug-likeness (QED) is 0.809. The highest BCUT2D eigenvalue weighted by atomic mass is 19.4. The summed E-state index contributed by atoms with van der Waals surface area (Å²) >= 11 is 0. The van der Waals surface area contributed by atoms with Gasteiger partial charge in [0.1, 0.15) is 6.10 Å². The lowest BCUT2D eigenvalue weighted by atomic mass is 10.0. The molecule has 2 heterocycles. The van der Waals surface area contributed by atoms with E-state index in [-0.39, 0.29) is 18.7 Å². The molecule has 5 nitrogen and oxygen atoms in total. The van der Waals surface area contributed by atoms with Gasteiger partial charge < -0.3 is 9.47 Å². The van der Waals surface area contributed by atoms with E-state index >= 15 is 0 Å². The van der Waals surface area contributed by atoms with Gasteiger partial charge in [-0.1, -0.05) is 18.2 Å². The molecule has 0 spiro atoms. The number of alkyl halides is 3. The first-order chi connectivity index (χ1) is 12.5. The summed E-state index contributed by atoms with van der Waals surface area (Å²) in [5, 5.41) is 0. The van der Waals surface area contributed by atoms with Crippen LogP contribution in [0.1, 0.15) is 24.0 Å². The number of nitrogens with zero attached hydrogens (tertiary/aromatic N) is 3. The fourth-order valence-electron chi connectivity index (χ4n) is 2.98. The Morgan fingerprint density at radius 3 is 2.38 bits per heavy atom. The van der Waals surface area contributed by atoms with Crippen LogP contribution >= 0.6 is 0 Å². The van der Waals surface area contributed by atoms with E-state index in [2.05, 4.69) is 9.97 Å². The van der Waals surface area contributed by atoms with Crippen LogP contribution in [0.15, 0.2) is 36.7 Å². The van der Waals surface area contributed by atoms with Gasteiger partial charge in [0.25, 0.3) is 0 Å². The highest BCUT2D eigenvalue weighted by Crippen LogP contribution is 2.32. The molecule has 3 rings (SSSR count). The Kier molecular flexibility index (Phi) is 5.61. The van der Waals surface area contributed by atoms with E-state index in [9.17, 15) is 13.2 Å². The van der Waals surface area contributed by atoms with Crippen molar-refractivity contribution in [3.8, 4) is 11.8 Å². The summed E-state index contributed by atoms with van der Waals surface area (Å²) in [4.78, 5) is 10.2. The molecule has 1 fully saturated rings. The molecule has 1 aromatic carbocycles. The van der Waals surface area contributed by atoms with Crippen molar-refractivity contribution in [3.63, 3.8) is 0 Å². The Balaban J connectivity index is 1.54. The van der Waals surface area contributed by atoms with Crippen LogP contribution in [0.5, 0.6) is 11.8 Å². The van der Waals surface area contributed by atoms with Gasteiger partial charge >= 0.3 is 12.2 Å². The molecule has 1 aromatic heterocycles. The maximum absolute atomic E-state index is 13.1. The van der Waals surface area contributed by atoms with Crippen LogP contribution in [0.25, 0.3) is 0 Å². The zero-order valence-electron chi connectivity index (χ0n) is 14.4. The molecule has 0 unspecified atom stereocenters. The minimum absolute atomic E-state index is 0.0440. The molecule has 1 aliphatic heterocycles. The van der Waals surface area contributed by atoms with Gasteiger partial charge in [0.2, 0.25) is 0 Å². The van der Waals surface area contributed by atoms with Gasteiger partial charge in [-0.2, -0.15) is 23.1 Å². The fraction of sp³-hybridized carbons (Fsp3) is 0.444. The molecular formula is C18H20F3N3O2. The van der Waals surface area contributed by atoms with Gasteiger partial charge in [-0.05, 0) is 24.5 Å². The van der Waals surface area contributed by atoms with Gasteiger partial charge in [0.05, 0.1) is 25.1 Å². The molecule has 0 amide bonds. The number of methoxy groups -OCH3 is 1. The second-order valence-corrected chi connectivity index (χ2v) is 6.15. The minimum atomic E-state index is -4.33. The summed E-state index contributed by atoms with van der Waals surface area (Å²) in [6.07, 6.45) is 0.117. The molecule has 2 aromatic rings. The van der Waals surface area contributed by atoms with E-state index in [4.69, 9.17) is 9.47 Å². The van der Waals surface area contributed by atoms with E-state index in [0.29, 0.717) is 37.2 Å². The summed E-state index contributed by atoms with van der Waals surface area (Å²) in [5.74, 6) is 0.551. The molecular weight excluding hydrogens is 347 g/mol. The first-order valence-corrected chi connectivity index (χ1v) is 8.36. The molecule has 0 saturated carbocycles. The Morgan fingerprint density at radius 1 is 1.12 bits per heavy atom. The number of likely N-dealkylation sites (tertiary alicyclic amines) is 1. The third-order valence-electron chi connectivity index (χ3n) is 4.36. The fourth-order valence-corrected chi connectivity index (χ4v) is 2.98. The van der Waals surface area contributed by atoms with Crippen molar-refractivity contribution >= 4 is 0 Å². The second kappa shape index (κ2) is 7.90. The van der Waals surface area contributed by atoms with Gasteiger partial charge in [-0.15, -0.1) is 0 Å². The third-order valence-corrected chi connectivity index (χ3v) is 4.36. The van der Waals surface area contributed by atoms with Crippen LogP contribution in [0.3, 0.4) is 0 Å². The third kappa shape index (κ3) is 4.63. The lowest BCUT2D eigenvalue weighted by Crippen LogP contribution is -2.38. The van der Waals surface area contributed by atoms with Crippen molar-refractivity contribution in [1.82, 2.24) is 14.9 Å². The number of halogens is 3. The highest BCUT2D eigenvalue weighted by Gasteiger charge is 2.33. The average molecular weight is 367 g/mol. The smallest absolute Gasteiger partial charge is 0.416 e. The maximum Gasteiger partial charge on any atom is 0.416 e. The zero-order valence-corrected chi connectivity index (χ0v) is 14.4. The Labute approximate surface area is 149 Å². The number of hydrogen-bond acceptors (Lipinski definition) is 5. The normalized spacial score (nSPS) is 16.5. The van der Waals surface area contributed by atoms with E-state index < -0.39 is 11.7 Å². The monoisotopic (exact) mass is 367 g/mol. The number of rotatable bonds is 5. The zero-order chi connectivity index (χ0) is 18.6. The standard InChI is InChI=1S/C18H20F3N3O2/c1-25-15-10-22-17(23-11-15)26-14-6-8-24(9-7-14)12-13-4-2-3-5-16(13)18(19,20)21/h2-5,10-11,14H,6-9,12H2,1H3. The van der Waals surface area contributed by atoms with Crippen LogP contribution in [0.4, 0.5) is 13.2 Å². The molecule has 0 bridgehead atoms. The maximum atomic E-state index is 13.1. The molecule has 0 atom stereocenters. The Hall–Kier alpha value is -2.35. The van der Waals surface area contributed by atoms with Gasteiger partial charge in [-0.25, -0.2) is 0 Å². The van der Waals surface area contributed by atoms with Crippen molar-refractivity contribution in [1.29, 1.82) is 0 Å². The molecule has 1 saturated heterocycles. The predicted octanol–water partition coefficient (Wildman–Crippen LogP) is 3.55. The topological polar surface area (TPSA) is 47.5 Å². The first-order valence-electron chi connectivity index (χ1n) is 8.36. The summed E-state index contributed by atoms with van der Waals surface area (Å²) in [6, 6.07) is 6.01. The molecule has 1 aliphatic rings. The van der Waals surface area contributed by atoms with Gasteiger partial charge in [-0.3, -0.25) is 4.90 Å².